The van der Waals surface area contributed by atoms with Crippen molar-refractivity contribution in [1.29, 1.82) is 0 Å². The number of phosphoric acid groups is 1. The molecule has 0 saturated carbocycles. The third-order valence-corrected chi connectivity index (χ3v) is 9.74. The summed E-state index contributed by atoms with van der Waals surface area (Å²) in [4.78, 5) is 22.6. The van der Waals surface area contributed by atoms with Crippen LogP contribution in [0.15, 0.2) is 36.5 Å². The van der Waals surface area contributed by atoms with Crippen molar-refractivity contribution in [3.63, 3.8) is 0 Å². The van der Waals surface area contributed by atoms with Gasteiger partial charge in [-0.2, -0.15) is 0 Å². The number of unbranched alkanes of at least 4 members (excludes halogenated alkanes) is 18. The van der Waals surface area contributed by atoms with E-state index in [-0.39, 0.29) is 25.8 Å². The van der Waals surface area contributed by atoms with Gasteiger partial charge in [-0.25, -0.2) is 4.57 Å². The summed E-state index contributed by atoms with van der Waals surface area (Å²) >= 11 is 0. The van der Waals surface area contributed by atoms with E-state index in [1.165, 1.54) is 77.0 Å². The van der Waals surface area contributed by atoms with Crippen molar-refractivity contribution < 1.29 is 37.3 Å². The summed E-state index contributed by atoms with van der Waals surface area (Å²) in [6, 6.07) is 0. The number of rotatable bonds is 38. The Labute approximate surface area is 315 Å². The first-order chi connectivity index (χ1) is 24.6. The third kappa shape index (κ3) is 39.8. The summed E-state index contributed by atoms with van der Waals surface area (Å²) in [5.74, 6) is -0.271. The van der Waals surface area contributed by atoms with Crippen LogP contribution in [0.1, 0.15) is 168 Å². The topological polar surface area (TPSA) is 91.3 Å². The van der Waals surface area contributed by atoms with Crippen LogP contribution in [-0.4, -0.2) is 75.6 Å². The molecule has 0 aliphatic heterocycles. The van der Waals surface area contributed by atoms with Crippen LogP contribution in [0.25, 0.3) is 0 Å². The highest BCUT2D eigenvalue weighted by Crippen LogP contribution is 2.43. The fourth-order valence-electron chi connectivity index (χ4n) is 5.48. The number of esters is 1. The number of hydrogen-bond donors (Lipinski definition) is 1. The lowest BCUT2D eigenvalue weighted by molar-refractivity contribution is -0.870. The van der Waals surface area contributed by atoms with E-state index >= 15 is 0 Å². The molecule has 0 aromatic heterocycles. The monoisotopic (exact) mass is 743 g/mol. The van der Waals surface area contributed by atoms with Crippen molar-refractivity contribution in [3.8, 4) is 0 Å². The second-order valence-corrected chi connectivity index (χ2v) is 16.4. The second-order valence-electron chi connectivity index (χ2n) is 15.0. The predicted molar refractivity (Wildman–Crippen MR) is 215 cm³/mol. The van der Waals surface area contributed by atoms with Crippen molar-refractivity contribution in [3.05, 3.63) is 36.5 Å². The molecule has 0 fully saturated rings. The van der Waals surface area contributed by atoms with Gasteiger partial charge in [0.2, 0.25) is 0 Å². The zero-order valence-electron chi connectivity index (χ0n) is 33.8. The lowest BCUT2D eigenvalue weighted by Crippen LogP contribution is -2.37. The van der Waals surface area contributed by atoms with Gasteiger partial charge in [-0.1, -0.05) is 153 Å². The molecule has 2 atom stereocenters. The maximum Gasteiger partial charge on any atom is 0.472 e. The van der Waals surface area contributed by atoms with Crippen LogP contribution < -0.4 is 0 Å². The maximum absolute atomic E-state index is 12.5. The highest BCUT2D eigenvalue weighted by Gasteiger charge is 2.25. The number of ether oxygens (including phenoxy) is 2. The minimum Gasteiger partial charge on any atom is -0.463 e. The molecule has 0 rings (SSSR count). The van der Waals surface area contributed by atoms with Crippen molar-refractivity contribution in [2.24, 2.45) is 0 Å². The Hall–Kier alpha value is -1.28. The number of carbonyl (C=O) groups is 1. The van der Waals surface area contributed by atoms with Gasteiger partial charge < -0.3 is 18.9 Å². The molecule has 8 nitrogen and oxygen atoms in total. The Kier molecular flexibility index (Phi) is 34.8. The van der Waals surface area contributed by atoms with E-state index in [2.05, 4.69) is 50.3 Å². The van der Waals surface area contributed by atoms with Crippen molar-refractivity contribution in [2.75, 3.05) is 54.1 Å². The van der Waals surface area contributed by atoms with Gasteiger partial charge in [0, 0.05) is 13.0 Å². The molecule has 300 valence electrons. The number of nitrogens with zero attached hydrogens (tertiary/aromatic N) is 1. The number of likely N-dealkylation sites (N-methyl/N-ethyl adjacent to an activating group) is 1. The Morgan fingerprint density at radius 2 is 1.14 bits per heavy atom. The lowest BCUT2D eigenvalue weighted by atomic mass is 10.0. The van der Waals surface area contributed by atoms with Gasteiger partial charge in [-0.15, -0.1) is 0 Å². The van der Waals surface area contributed by atoms with Crippen LogP contribution in [-0.2, 0) is 27.9 Å². The molecule has 0 aliphatic rings. The zero-order chi connectivity index (χ0) is 37.7. The van der Waals surface area contributed by atoms with Crippen LogP contribution in [0.5, 0.6) is 0 Å². The maximum atomic E-state index is 12.5. The lowest BCUT2D eigenvalue weighted by Gasteiger charge is -2.24. The van der Waals surface area contributed by atoms with Gasteiger partial charge in [-0.3, -0.25) is 13.8 Å². The van der Waals surface area contributed by atoms with Gasteiger partial charge in [0.05, 0.1) is 27.7 Å². The quantitative estimate of drug-likeness (QED) is 0.0221. The molecule has 0 aliphatic carbocycles. The molecular weight excluding hydrogens is 661 g/mol. The summed E-state index contributed by atoms with van der Waals surface area (Å²) in [5.41, 5.74) is 0. The van der Waals surface area contributed by atoms with E-state index in [9.17, 15) is 14.3 Å². The molecule has 1 N–H and O–H groups in total. The number of quaternary nitrogens is 1. The van der Waals surface area contributed by atoms with E-state index < -0.39 is 13.9 Å². The summed E-state index contributed by atoms with van der Waals surface area (Å²) in [6.07, 6.45) is 40.4. The zero-order valence-corrected chi connectivity index (χ0v) is 34.7. The minimum atomic E-state index is -4.24. The van der Waals surface area contributed by atoms with Gasteiger partial charge in [0.25, 0.3) is 0 Å². The van der Waals surface area contributed by atoms with E-state index in [1.807, 2.05) is 21.1 Å². The number of hydrogen-bond acceptors (Lipinski definition) is 6. The Morgan fingerprint density at radius 1 is 0.627 bits per heavy atom. The fourth-order valence-corrected chi connectivity index (χ4v) is 6.22. The SMILES string of the molecule is CC/C=C\C/C=C\C/C=C\CCCCCCCC(=O)OC[C@H](COP(=O)(O)OCC[N+](C)(C)C)OCCCCCCCCCCCCCCCC. The van der Waals surface area contributed by atoms with Gasteiger partial charge in [0.1, 0.15) is 25.9 Å². The fraction of sp³-hybridized carbons (Fsp3) is 0.833. The minimum absolute atomic E-state index is 0.00667. The van der Waals surface area contributed by atoms with Crippen LogP contribution in [0.4, 0.5) is 0 Å². The molecule has 51 heavy (non-hydrogen) atoms. The van der Waals surface area contributed by atoms with Crippen LogP contribution in [0, 0.1) is 0 Å². The van der Waals surface area contributed by atoms with Crippen LogP contribution >= 0.6 is 7.82 Å². The van der Waals surface area contributed by atoms with E-state index in [0.29, 0.717) is 24.1 Å². The highest BCUT2D eigenvalue weighted by atomic mass is 31.2. The molecule has 0 aromatic rings. The Morgan fingerprint density at radius 3 is 1.71 bits per heavy atom. The van der Waals surface area contributed by atoms with Gasteiger partial charge in [-0.05, 0) is 44.9 Å². The summed E-state index contributed by atoms with van der Waals surface area (Å²) in [6.45, 7) is 5.39. The molecule has 0 amide bonds. The highest BCUT2D eigenvalue weighted by molar-refractivity contribution is 7.47. The normalized spacial score (nSPS) is 14.2. The molecule has 0 heterocycles. The molecule has 0 saturated heterocycles. The molecule has 9 heteroatoms. The summed E-state index contributed by atoms with van der Waals surface area (Å²) < 4.78 is 35.0. The van der Waals surface area contributed by atoms with Gasteiger partial charge >= 0.3 is 13.8 Å². The standard InChI is InChI=1S/C42H80NO7P/c1-6-8-10-12-14-16-18-20-22-23-25-27-29-31-33-35-42(44)48-39-41(40-50-51(45,46)49-38-36-43(3,4)5)47-37-34-32-30-28-26-24-21-19-17-15-13-11-9-7-2/h8,10,14,16,20,22,41H,6-7,9,11-13,15,17-19,21,23-40H2,1-5H3/p+1/b10-8-,16-14-,22-20-/t41-/m1/s1. The first-order valence-corrected chi connectivity index (χ1v) is 22.2. The van der Waals surface area contributed by atoms with Gasteiger partial charge in [0.15, 0.2) is 0 Å². The average Bonchev–Trinajstić information content (AvgIpc) is 3.08. The Bertz CT molecular complexity index is 915. The van der Waals surface area contributed by atoms with E-state index in [4.69, 9.17) is 18.5 Å². The van der Waals surface area contributed by atoms with Crippen LogP contribution in [0.2, 0.25) is 0 Å². The van der Waals surface area contributed by atoms with E-state index in [1.54, 1.807) is 0 Å². The molecule has 0 spiro atoms. The molecule has 1 unspecified atom stereocenters. The molecule has 0 radical (unpaired) electrons. The number of phosphoric ester groups is 1. The first-order valence-electron chi connectivity index (χ1n) is 20.7. The smallest absolute Gasteiger partial charge is 0.463 e. The second kappa shape index (κ2) is 35.7. The number of carbonyl (C=O) groups excluding carboxylic acids is 1. The van der Waals surface area contributed by atoms with Crippen molar-refractivity contribution >= 4 is 13.8 Å². The molecule has 0 bridgehead atoms. The van der Waals surface area contributed by atoms with E-state index in [0.717, 1.165) is 70.6 Å². The predicted octanol–water partition coefficient (Wildman–Crippen LogP) is 11.8. The summed E-state index contributed by atoms with van der Waals surface area (Å²) in [5, 5.41) is 0. The third-order valence-electron chi connectivity index (χ3n) is 8.75. The molecular formula is C42H81NO7P+. The largest absolute Gasteiger partial charge is 0.472 e. The van der Waals surface area contributed by atoms with Crippen molar-refractivity contribution in [1.82, 2.24) is 0 Å². The van der Waals surface area contributed by atoms with Crippen LogP contribution in [0.3, 0.4) is 0 Å². The molecule has 0 aromatic carbocycles. The Balaban J connectivity index is 4.27. The first kappa shape index (κ1) is 49.7. The average molecular weight is 743 g/mol. The summed E-state index contributed by atoms with van der Waals surface area (Å²) in [7, 11) is 1.70. The van der Waals surface area contributed by atoms with Crippen molar-refractivity contribution in [2.45, 2.75) is 174 Å². The number of allylic oxidation sites excluding steroid dienone is 6.